The summed E-state index contributed by atoms with van der Waals surface area (Å²) < 4.78 is 5.67. The van der Waals surface area contributed by atoms with Crippen molar-refractivity contribution >= 4 is 45.3 Å². The van der Waals surface area contributed by atoms with Crippen molar-refractivity contribution in [2.24, 2.45) is 0 Å². The first-order valence-corrected chi connectivity index (χ1v) is 9.75. The molecule has 0 aliphatic carbocycles. The van der Waals surface area contributed by atoms with Gasteiger partial charge in [-0.2, -0.15) is 0 Å². The molecular formula is C25H20BNO2+. The number of hydrogen-bond acceptors (Lipinski definition) is 2. The zero-order valence-corrected chi connectivity index (χ0v) is 15.9. The molecule has 29 heavy (non-hydrogen) atoms. The Labute approximate surface area is 169 Å². The first kappa shape index (κ1) is 17.9. The first-order chi connectivity index (χ1) is 14.4. The van der Waals surface area contributed by atoms with Crippen LogP contribution in [-0.2, 0) is 4.65 Å². The molecule has 2 N–H and O–H groups in total. The number of benzene rings is 4. The summed E-state index contributed by atoms with van der Waals surface area (Å²) in [6.45, 7) is 0.625. The fraction of sp³-hybridized carbons (Fsp3) is 0.0800. The molecule has 4 aromatic carbocycles. The lowest BCUT2D eigenvalue weighted by molar-refractivity contribution is 0.209. The first-order valence-electron chi connectivity index (χ1n) is 9.75. The SMILES string of the molecule is [OH2+]CCO[B]c1c2ccccc2c(-c2nccc3ccccc23)c2ccccc12. The van der Waals surface area contributed by atoms with Gasteiger partial charge in [0.15, 0.2) is 6.61 Å². The Hall–Kier alpha value is -3.21. The lowest BCUT2D eigenvalue weighted by Crippen LogP contribution is -2.21. The highest BCUT2D eigenvalue weighted by molar-refractivity contribution is 6.56. The van der Waals surface area contributed by atoms with Gasteiger partial charge in [0.2, 0.25) is 0 Å². The summed E-state index contributed by atoms with van der Waals surface area (Å²) in [6.07, 6.45) is 1.89. The summed E-state index contributed by atoms with van der Waals surface area (Å²) >= 11 is 0. The van der Waals surface area contributed by atoms with Crippen LogP contribution in [-0.4, -0.2) is 30.8 Å². The maximum absolute atomic E-state index is 7.36. The van der Waals surface area contributed by atoms with Gasteiger partial charge in [0, 0.05) is 17.1 Å². The summed E-state index contributed by atoms with van der Waals surface area (Å²) in [5.41, 5.74) is 3.19. The Morgan fingerprint density at radius 2 is 1.31 bits per heavy atom. The smallest absolute Gasteiger partial charge is 0.331 e. The maximum atomic E-state index is 7.36. The van der Waals surface area contributed by atoms with E-state index in [0.29, 0.717) is 6.61 Å². The fourth-order valence-corrected chi connectivity index (χ4v) is 4.06. The molecule has 1 radical (unpaired) electrons. The summed E-state index contributed by atoms with van der Waals surface area (Å²) in [5.74, 6) is 0. The molecule has 0 amide bonds. The normalized spacial score (nSPS) is 11.3. The second-order valence-electron chi connectivity index (χ2n) is 7.00. The molecule has 0 bridgehead atoms. The lowest BCUT2D eigenvalue weighted by Gasteiger charge is -2.17. The van der Waals surface area contributed by atoms with E-state index in [-0.39, 0.29) is 6.61 Å². The van der Waals surface area contributed by atoms with Crippen molar-refractivity contribution in [2.45, 2.75) is 0 Å². The second-order valence-corrected chi connectivity index (χ2v) is 7.00. The average Bonchev–Trinajstić information content (AvgIpc) is 2.78. The van der Waals surface area contributed by atoms with Crippen molar-refractivity contribution in [1.82, 2.24) is 4.98 Å². The number of rotatable bonds is 5. The molecule has 0 unspecified atom stereocenters. The third-order valence-corrected chi connectivity index (χ3v) is 5.30. The van der Waals surface area contributed by atoms with Gasteiger partial charge >= 0.3 is 7.48 Å². The van der Waals surface area contributed by atoms with Crippen molar-refractivity contribution in [3.63, 3.8) is 0 Å². The van der Waals surface area contributed by atoms with Gasteiger partial charge in [-0.1, -0.05) is 72.8 Å². The quantitative estimate of drug-likeness (QED) is 0.200. The van der Waals surface area contributed by atoms with E-state index in [4.69, 9.17) is 14.7 Å². The van der Waals surface area contributed by atoms with E-state index < -0.39 is 0 Å². The Morgan fingerprint density at radius 3 is 1.97 bits per heavy atom. The second kappa shape index (κ2) is 7.67. The van der Waals surface area contributed by atoms with E-state index in [9.17, 15) is 0 Å². The summed E-state index contributed by atoms with van der Waals surface area (Å²) in [7, 11) is 1.81. The zero-order chi connectivity index (χ0) is 19.6. The van der Waals surface area contributed by atoms with Crippen LogP contribution in [0.4, 0.5) is 0 Å². The molecule has 5 rings (SSSR count). The lowest BCUT2D eigenvalue weighted by atomic mass is 9.77. The van der Waals surface area contributed by atoms with Gasteiger partial charge in [0.1, 0.15) is 0 Å². The molecule has 0 atom stereocenters. The van der Waals surface area contributed by atoms with E-state index in [0.717, 1.165) is 43.7 Å². The monoisotopic (exact) mass is 377 g/mol. The largest absolute Gasteiger partial charge is 0.444 e. The van der Waals surface area contributed by atoms with Gasteiger partial charge in [0.25, 0.3) is 0 Å². The topological polar surface area (TPSA) is 45.0 Å². The molecule has 0 saturated carbocycles. The van der Waals surface area contributed by atoms with Crippen LogP contribution >= 0.6 is 0 Å². The Balaban J connectivity index is 1.90. The molecule has 5 aromatic rings. The van der Waals surface area contributed by atoms with Gasteiger partial charge < -0.3 is 9.76 Å². The molecular weight excluding hydrogens is 357 g/mol. The highest BCUT2D eigenvalue weighted by Crippen LogP contribution is 2.37. The Kier molecular flexibility index (Phi) is 4.72. The van der Waals surface area contributed by atoms with Crippen LogP contribution in [0.3, 0.4) is 0 Å². The third-order valence-electron chi connectivity index (χ3n) is 5.30. The molecule has 0 saturated heterocycles. The number of nitrogens with zero attached hydrogens (tertiary/aromatic N) is 1. The number of aromatic nitrogens is 1. The van der Waals surface area contributed by atoms with Crippen molar-refractivity contribution < 1.29 is 9.76 Å². The van der Waals surface area contributed by atoms with Crippen LogP contribution < -0.4 is 5.46 Å². The summed E-state index contributed by atoms with van der Waals surface area (Å²) in [5, 5.41) is 14.2. The number of hydrogen-bond donors (Lipinski definition) is 0. The van der Waals surface area contributed by atoms with Gasteiger partial charge in [-0.05, 0) is 38.5 Å². The zero-order valence-electron chi connectivity index (χ0n) is 15.9. The van der Waals surface area contributed by atoms with E-state index in [2.05, 4.69) is 78.9 Å². The van der Waals surface area contributed by atoms with E-state index in [1.54, 1.807) is 7.48 Å². The van der Waals surface area contributed by atoms with E-state index in [1.807, 2.05) is 6.20 Å². The minimum atomic E-state index is 0.240. The molecule has 3 nitrogen and oxygen atoms in total. The van der Waals surface area contributed by atoms with Gasteiger partial charge in [-0.25, -0.2) is 0 Å². The van der Waals surface area contributed by atoms with Crippen LogP contribution in [0.2, 0.25) is 0 Å². The predicted molar refractivity (Wildman–Crippen MR) is 122 cm³/mol. The van der Waals surface area contributed by atoms with E-state index in [1.165, 1.54) is 5.39 Å². The van der Waals surface area contributed by atoms with Gasteiger partial charge in [-0.3, -0.25) is 4.98 Å². The Bertz CT molecular complexity index is 1270. The van der Waals surface area contributed by atoms with Crippen LogP contribution in [0.5, 0.6) is 0 Å². The Morgan fingerprint density at radius 1 is 0.724 bits per heavy atom. The van der Waals surface area contributed by atoms with Gasteiger partial charge in [-0.15, -0.1) is 0 Å². The molecule has 0 spiro atoms. The minimum Gasteiger partial charge on any atom is -0.444 e. The molecule has 0 fully saturated rings. The molecule has 0 aliphatic rings. The van der Waals surface area contributed by atoms with Crippen LogP contribution in [0.1, 0.15) is 0 Å². The highest BCUT2D eigenvalue weighted by atomic mass is 16.4. The van der Waals surface area contributed by atoms with Crippen molar-refractivity contribution in [1.29, 1.82) is 0 Å². The van der Waals surface area contributed by atoms with Crippen LogP contribution in [0, 0.1) is 0 Å². The van der Waals surface area contributed by atoms with Crippen LogP contribution in [0.25, 0.3) is 43.6 Å². The third kappa shape index (κ3) is 3.07. The fourth-order valence-electron chi connectivity index (χ4n) is 4.06. The van der Waals surface area contributed by atoms with Crippen molar-refractivity contribution in [3.05, 3.63) is 85.1 Å². The summed E-state index contributed by atoms with van der Waals surface area (Å²) in [4.78, 5) is 4.82. The van der Waals surface area contributed by atoms with E-state index >= 15 is 0 Å². The molecule has 1 aromatic heterocycles. The standard InChI is InChI=1S/C25H19BNO2/c28-15-16-29-26-24-21-11-5-3-9-19(21)23(20-10-4-6-12-22(20)24)25-18-8-2-1-7-17(18)13-14-27-25/h1-14,28H,15-16H2/p+1. The highest BCUT2D eigenvalue weighted by Gasteiger charge is 2.18. The molecule has 139 valence electrons. The average molecular weight is 377 g/mol. The summed E-state index contributed by atoms with van der Waals surface area (Å²) in [6, 6.07) is 27.3. The molecule has 1 heterocycles. The number of fused-ring (bicyclic) bond motifs is 3. The van der Waals surface area contributed by atoms with Crippen LogP contribution in [0.15, 0.2) is 85.1 Å². The molecule has 4 heteroatoms. The predicted octanol–water partition coefficient (Wildman–Crippen LogP) is 4.19. The number of pyridine rings is 1. The minimum absolute atomic E-state index is 0.240. The maximum Gasteiger partial charge on any atom is 0.331 e. The molecule has 0 aliphatic heterocycles. The van der Waals surface area contributed by atoms with Crippen molar-refractivity contribution in [3.8, 4) is 11.3 Å². The van der Waals surface area contributed by atoms with Crippen molar-refractivity contribution in [2.75, 3.05) is 13.2 Å². The van der Waals surface area contributed by atoms with Gasteiger partial charge in [0.05, 0.1) is 12.3 Å².